The number of nitrogens with zero attached hydrogens (tertiary/aromatic N) is 4. The number of anilines is 2. The number of nitrogens with one attached hydrogen (secondary N) is 1. The zero-order chi connectivity index (χ0) is 24.5. The van der Waals surface area contributed by atoms with Crippen molar-refractivity contribution in [3.05, 3.63) is 64.3 Å². The molecule has 0 spiro atoms. The number of imide groups is 1. The van der Waals surface area contributed by atoms with E-state index in [-0.39, 0.29) is 35.2 Å². The number of benzene rings is 1. The second-order valence-electron chi connectivity index (χ2n) is 8.34. The Hall–Kier alpha value is -3.37. The van der Waals surface area contributed by atoms with Gasteiger partial charge in [0.2, 0.25) is 11.8 Å². The van der Waals surface area contributed by atoms with Gasteiger partial charge < -0.3 is 15.1 Å². The highest BCUT2D eigenvalue weighted by atomic mass is 35.5. The van der Waals surface area contributed by atoms with Crippen LogP contribution in [0, 0.1) is 0 Å². The number of carbonyl (C=O) groups excluding carboxylic acids is 4. The number of hydrogen-bond donors (Lipinski definition) is 1. The van der Waals surface area contributed by atoms with Gasteiger partial charge >= 0.3 is 0 Å². The van der Waals surface area contributed by atoms with Crippen LogP contribution in [0.4, 0.5) is 11.4 Å². The van der Waals surface area contributed by atoms with E-state index in [4.69, 9.17) is 11.6 Å². The largest absolute Gasteiger partial charge is 0.368 e. The lowest BCUT2D eigenvalue weighted by atomic mass is 10.1. The van der Waals surface area contributed by atoms with Gasteiger partial charge in [-0.2, -0.15) is 0 Å². The normalized spacial score (nSPS) is 19.6. The van der Waals surface area contributed by atoms with Gasteiger partial charge in [-0.3, -0.25) is 29.1 Å². The highest BCUT2D eigenvalue weighted by molar-refractivity contribution is 8.06. The fraction of sp³-hybridized carbons (Fsp3) is 0.292. The molecule has 1 atom stereocenters. The van der Waals surface area contributed by atoms with Crippen LogP contribution >= 0.6 is 23.4 Å². The van der Waals surface area contributed by atoms with Gasteiger partial charge in [-0.15, -0.1) is 11.8 Å². The molecule has 0 saturated carbocycles. The number of halogens is 1. The first-order valence-corrected chi connectivity index (χ1v) is 12.4. The summed E-state index contributed by atoms with van der Waals surface area (Å²) in [6, 6.07) is 8.56. The van der Waals surface area contributed by atoms with Crippen LogP contribution in [0.3, 0.4) is 0 Å². The molecule has 1 aromatic heterocycles. The van der Waals surface area contributed by atoms with E-state index in [9.17, 15) is 19.2 Å². The minimum Gasteiger partial charge on any atom is -0.368 e. The minimum atomic E-state index is -0.583. The monoisotopic (exact) mass is 511 g/mol. The van der Waals surface area contributed by atoms with Gasteiger partial charge in [-0.25, -0.2) is 0 Å². The number of allylic oxidation sites excluding steroid dienone is 1. The summed E-state index contributed by atoms with van der Waals surface area (Å²) < 4.78 is 0.556. The molecular weight excluding hydrogens is 490 g/mol. The Labute approximate surface area is 211 Å². The number of aromatic nitrogens is 1. The third kappa shape index (κ3) is 4.63. The van der Waals surface area contributed by atoms with Crippen LogP contribution < -0.4 is 10.2 Å². The number of amides is 4. The first-order valence-electron chi connectivity index (χ1n) is 11.2. The summed E-state index contributed by atoms with van der Waals surface area (Å²) in [4.78, 5) is 60.6. The first-order chi connectivity index (χ1) is 16.9. The number of carbonyl (C=O) groups is 4. The van der Waals surface area contributed by atoms with E-state index >= 15 is 0 Å². The van der Waals surface area contributed by atoms with E-state index in [1.807, 2.05) is 12.1 Å². The Morgan fingerprint density at radius 2 is 1.80 bits per heavy atom. The number of hydrogen-bond acceptors (Lipinski definition) is 7. The summed E-state index contributed by atoms with van der Waals surface area (Å²) in [7, 11) is 0. The van der Waals surface area contributed by atoms with Crippen molar-refractivity contribution in [1.82, 2.24) is 14.8 Å². The van der Waals surface area contributed by atoms with Gasteiger partial charge in [0.15, 0.2) is 0 Å². The summed E-state index contributed by atoms with van der Waals surface area (Å²) >= 11 is 7.20. The minimum absolute atomic E-state index is 0.114. The Morgan fingerprint density at radius 3 is 2.49 bits per heavy atom. The van der Waals surface area contributed by atoms with Gasteiger partial charge in [-0.05, 0) is 30.7 Å². The SMILES string of the molecule is O=C(Nc1cccc2c1C(=O)N(CC(=O)N1CCN(c3ccncc3)CC1)C2=O)C1CC=C(Cl)S1. The second kappa shape index (κ2) is 9.71. The molecule has 1 fully saturated rings. The Bertz CT molecular complexity index is 1230. The predicted molar refractivity (Wildman–Crippen MR) is 133 cm³/mol. The van der Waals surface area contributed by atoms with Crippen molar-refractivity contribution in [2.24, 2.45) is 0 Å². The van der Waals surface area contributed by atoms with Crippen LogP contribution in [0.2, 0.25) is 0 Å². The standard InChI is InChI=1S/C24H22ClN5O4S/c25-19-5-4-18(35-19)22(32)27-17-3-1-2-16-21(17)24(34)30(23(16)33)14-20(31)29-12-10-28(11-13-29)15-6-8-26-9-7-15/h1-3,5-9,18H,4,10-14H2,(H,27,32). The number of pyridine rings is 1. The van der Waals surface area contributed by atoms with Gasteiger partial charge in [-0.1, -0.05) is 23.7 Å². The van der Waals surface area contributed by atoms with Gasteiger partial charge in [0.05, 0.1) is 26.4 Å². The maximum absolute atomic E-state index is 13.2. The molecule has 9 nitrogen and oxygen atoms in total. The van der Waals surface area contributed by atoms with E-state index in [1.165, 1.54) is 17.8 Å². The average Bonchev–Trinajstić information content (AvgIpc) is 3.42. The summed E-state index contributed by atoms with van der Waals surface area (Å²) in [5, 5.41) is 2.36. The van der Waals surface area contributed by atoms with E-state index < -0.39 is 17.1 Å². The van der Waals surface area contributed by atoms with E-state index in [1.54, 1.807) is 35.5 Å². The lowest BCUT2D eigenvalue weighted by Crippen LogP contribution is -2.51. The van der Waals surface area contributed by atoms with Crippen molar-refractivity contribution in [3.63, 3.8) is 0 Å². The van der Waals surface area contributed by atoms with Crippen molar-refractivity contribution < 1.29 is 19.2 Å². The average molecular weight is 512 g/mol. The number of piperazine rings is 1. The summed E-state index contributed by atoms with van der Waals surface area (Å²) in [6.07, 6.45) is 5.71. The molecule has 0 radical (unpaired) electrons. The molecule has 1 aromatic carbocycles. The van der Waals surface area contributed by atoms with Crippen molar-refractivity contribution in [2.45, 2.75) is 11.7 Å². The molecule has 5 rings (SSSR count). The van der Waals surface area contributed by atoms with Crippen molar-refractivity contribution >= 4 is 58.4 Å². The lowest BCUT2D eigenvalue weighted by molar-refractivity contribution is -0.131. The molecule has 1 N–H and O–H groups in total. The lowest BCUT2D eigenvalue weighted by Gasteiger charge is -2.36. The molecule has 1 saturated heterocycles. The fourth-order valence-electron chi connectivity index (χ4n) is 4.39. The number of rotatable bonds is 5. The molecule has 4 heterocycles. The Balaban J connectivity index is 1.24. The molecular formula is C24H22ClN5O4S. The van der Waals surface area contributed by atoms with E-state index in [0.717, 1.165) is 10.6 Å². The zero-order valence-corrected chi connectivity index (χ0v) is 20.2. The first kappa shape index (κ1) is 23.4. The summed E-state index contributed by atoms with van der Waals surface area (Å²) in [5.41, 5.74) is 1.59. The van der Waals surface area contributed by atoms with Crippen LogP contribution in [-0.2, 0) is 9.59 Å². The van der Waals surface area contributed by atoms with Crippen LogP contribution in [0.15, 0.2) is 53.2 Å². The third-order valence-corrected chi connectivity index (χ3v) is 7.75. The fourth-order valence-corrected chi connectivity index (χ4v) is 5.63. The number of thioether (sulfide) groups is 1. The van der Waals surface area contributed by atoms with E-state index in [2.05, 4.69) is 15.2 Å². The van der Waals surface area contributed by atoms with Crippen LogP contribution in [0.5, 0.6) is 0 Å². The third-order valence-electron chi connectivity index (χ3n) is 6.25. The highest BCUT2D eigenvalue weighted by Gasteiger charge is 2.40. The van der Waals surface area contributed by atoms with Crippen LogP contribution in [-0.4, -0.2) is 76.4 Å². The maximum atomic E-state index is 13.2. The maximum Gasteiger partial charge on any atom is 0.264 e. The quantitative estimate of drug-likeness (QED) is 0.615. The van der Waals surface area contributed by atoms with Crippen LogP contribution in [0.25, 0.3) is 0 Å². The molecule has 3 aliphatic heterocycles. The molecule has 11 heteroatoms. The molecule has 3 aliphatic rings. The molecule has 2 aromatic rings. The van der Waals surface area contributed by atoms with Crippen molar-refractivity contribution in [2.75, 3.05) is 42.9 Å². The van der Waals surface area contributed by atoms with E-state index in [0.29, 0.717) is 37.0 Å². The van der Waals surface area contributed by atoms with Gasteiger partial charge in [0.25, 0.3) is 11.8 Å². The molecule has 0 bridgehead atoms. The van der Waals surface area contributed by atoms with Crippen molar-refractivity contribution in [1.29, 1.82) is 0 Å². The molecule has 35 heavy (non-hydrogen) atoms. The molecule has 180 valence electrons. The van der Waals surface area contributed by atoms with Crippen molar-refractivity contribution in [3.8, 4) is 0 Å². The summed E-state index contributed by atoms with van der Waals surface area (Å²) in [6.45, 7) is 1.92. The molecule has 1 unspecified atom stereocenters. The Kier molecular flexibility index (Phi) is 6.48. The van der Waals surface area contributed by atoms with Gasteiger partial charge in [0, 0.05) is 44.3 Å². The predicted octanol–water partition coefficient (Wildman–Crippen LogP) is 2.55. The zero-order valence-electron chi connectivity index (χ0n) is 18.6. The molecule has 4 amide bonds. The summed E-state index contributed by atoms with van der Waals surface area (Å²) in [5.74, 6) is -1.70. The number of fused-ring (bicyclic) bond motifs is 1. The smallest absolute Gasteiger partial charge is 0.264 e. The van der Waals surface area contributed by atoms with Gasteiger partial charge in [0.1, 0.15) is 6.54 Å². The second-order valence-corrected chi connectivity index (χ2v) is 10.2. The molecule has 0 aliphatic carbocycles. The Morgan fingerprint density at radius 1 is 1.06 bits per heavy atom. The highest BCUT2D eigenvalue weighted by Crippen LogP contribution is 2.36. The van der Waals surface area contributed by atoms with Crippen LogP contribution in [0.1, 0.15) is 27.1 Å². The topological polar surface area (TPSA) is 103 Å².